The minimum Gasteiger partial charge on any atom is -0.461 e. The molecule has 1 unspecified atom stereocenters. The second-order valence-electron chi connectivity index (χ2n) is 10.4. The van der Waals surface area contributed by atoms with Gasteiger partial charge in [-0.25, -0.2) is 0 Å². The number of aliphatic hydroxyl groups excluding tert-OH is 1. The number of hydrogen-bond acceptors (Lipinski definition) is 6. The zero-order valence-corrected chi connectivity index (χ0v) is 23.0. The van der Waals surface area contributed by atoms with Gasteiger partial charge in [-0.15, -0.1) is 11.8 Å². The molecule has 4 heterocycles. The normalized spacial score (nSPS) is 30.4. The van der Waals surface area contributed by atoms with Crippen LogP contribution in [0.25, 0.3) is 0 Å². The molecule has 2 saturated heterocycles. The second-order valence-corrected chi connectivity index (χ2v) is 12.3. The van der Waals surface area contributed by atoms with E-state index in [1.54, 1.807) is 21.9 Å². The Labute approximate surface area is 236 Å². The van der Waals surface area contributed by atoms with Gasteiger partial charge in [0.25, 0.3) is 5.91 Å². The molecule has 4 aliphatic heterocycles. The number of nitrogens with zero attached hydrogens (tertiary/aromatic N) is 2. The van der Waals surface area contributed by atoms with Crippen LogP contribution < -0.4 is 4.90 Å². The molecule has 2 aromatic rings. The van der Waals surface area contributed by atoms with Crippen LogP contribution >= 0.6 is 23.4 Å². The zero-order valence-electron chi connectivity index (χ0n) is 21.4. The molecule has 7 nitrogen and oxygen atoms in total. The molecular weight excluding hydrogens is 536 g/mol. The molecule has 202 valence electrons. The van der Waals surface area contributed by atoms with Crippen molar-refractivity contribution in [3.8, 4) is 0 Å². The van der Waals surface area contributed by atoms with Crippen molar-refractivity contribution in [2.45, 2.75) is 35.4 Å². The van der Waals surface area contributed by atoms with Crippen LogP contribution in [0.15, 0.2) is 72.8 Å². The maximum atomic E-state index is 14.7. The van der Waals surface area contributed by atoms with Crippen LogP contribution in [0.3, 0.4) is 0 Å². The Morgan fingerprint density at radius 2 is 1.90 bits per heavy atom. The number of amides is 2. The van der Waals surface area contributed by atoms with Crippen molar-refractivity contribution in [1.29, 1.82) is 0 Å². The Morgan fingerprint density at radius 3 is 2.64 bits per heavy atom. The average molecular weight is 565 g/mol. The van der Waals surface area contributed by atoms with Crippen molar-refractivity contribution in [2.24, 2.45) is 11.8 Å². The Kier molecular flexibility index (Phi) is 6.81. The summed E-state index contributed by atoms with van der Waals surface area (Å²) in [5, 5.41) is 10.8. The number of para-hydroxylation sites is 1. The molecule has 2 amide bonds. The first-order chi connectivity index (χ1) is 18.9. The lowest BCUT2D eigenvalue weighted by Crippen LogP contribution is -2.57. The number of halogens is 1. The summed E-state index contributed by atoms with van der Waals surface area (Å²) < 4.78 is 4.45. The van der Waals surface area contributed by atoms with Gasteiger partial charge in [0.1, 0.15) is 12.6 Å². The van der Waals surface area contributed by atoms with E-state index in [9.17, 15) is 19.5 Å². The van der Waals surface area contributed by atoms with Gasteiger partial charge in [-0.05, 0) is 30.5 Å². The highest BCUT2D eigenvalue weighted by Gasteiger charge is 2.72. The number of anilines is 1. The molecule has 0 aromatic heterocycles. The van der Waals surface area contributed by atoms with Crippen molar-refractivity contribution < 1.29 is 24.2 Å². The Balaban J connectivity index is 1.50. The topological polar surface area (TPSA) is 87.2 Å². The third-order valence-corrected chi connectivity index (χ3v) is 10.3. The summed E-state index contributed by atoms with van der Waals surface area (Å²) in [7, 11) is 0. The SMILES string of the molecule is Cc1cccc(Cl)c1N1CC=C[C@]23S[C@H]4C=CCOC(=O)[C@H]4[C@H]2C(=O)N([C@@H](CO)Cc2ccccc2)C3C1=O. The van der Waals surface area contributed by atoms with Crippen LogP contribution in [0, 0.1) is 18.8 Å². The van der Waals surface area contributed by atoms with Gasteiger partial charge in [0.2, 0.25) is 5.91 Å². The molecule has 0 aliphatic carbocycles. The number of benzene rings is 2. The lowest BCUT2D eigenvalue weighted by Gasteiger charge is -2.39. The number of ether oxygens (including phenoxy) is 1. The standard InChI is InChI=1S/C30H29ClN2O5S/c1-18-8-5-11-21(31)25(18)32-14-7-13-30-24(23-22(39-30)12-6-15-38-29(23)37)27(35)33(26(30)28(32)36)20(17-34)16-19-9-3-2-4-10-19/h2-13,20,22-24,26,34H,14-17H2,1H3/t20-,22+,23-,24+,26?,30+/m1/s1. The number of fused-ring (bicyclic) bond motifs is 2. The number of rotatable bonds is 5. The van der Waals surface area contributed by atoms with E-state index in [1.807, 2.05) is 67.6 Å². The summed E-state index contributed by atoms with van der Waals surface area (Å²) in [4.78, 5) is 45.5. The van der Waals surface area contributed by atoms with E-state index in [4.69, 9.17) is 16.3 Å². The van der Waals surface area contributed by atoms with Crippen LogP contribution in [0.2, 0.25) is 5.02 Å². The molecule has 0 saturated carbocycles. The van der Waals surface area contributed by atoms with Gasteiger partial charge in [0.05, 0.1) is 39.9 Å². The van der Waals surface area contributed by atoms with Gasteiger partial charge >= 0.3 is 5.97 Å². The predicted octanol–water partition coefficient (Wildman–Crippen LogP) is 3.57. The molecule has 1 spiro atoms. The molecule has 6 atom stereocenters. The molecule has 2 aromatic carbocycles. The fraction of sp³-hybridized carbons (Fsp3) is 0.367. The number of esters is 1. The highest BCUT2D eigenvalue weighted by molar-refractivity contribution is 8.02. The fourth-order valence-corrected chi connectivity index (χ4v) is 8.92. The van der Waals surface area contributed by atoms with Crippen LogP contribution in [-0.2, 0) is 25.5 Å². The molecule has 0 radical (unpaired) electrons. The average Bonchev–Trinajstić information content (AvgIpc) is 3.23. The molecule has 4 aliphatic rings. The van der Waals surface area contributed by atoms with Crippen molar-refractivity contribution in [2.75, 3.05) is 24.7 Å². The third-order valence-electron chi connectivity index (χ3n) is 8.23. The van der Waals surface area contributed by atoms with Crippen LogP contribution in [0.1, 0.15) is 11.1 Å². The zero-order chi connectivity index (χ0) is 27.3. The Bertz CT molecular complexity index is 1360. The number of aryl methyl sites for hydroxylation is 1. The number of likely N-dealkylation sites (tertiary alicyclic amines) is 1. The van der Waals surface area contributed by atoms with Gasteiger partial charge in [-0.3, -0.25) is 14.4 Å². The summed E-state index contributed by atoms with van der Waals surface area (Å²) >= 11 is 8.10. The summed E-state index contributed by atoms with van der Waals surface area (Å²) in [5.41, 5.74) is 2.38. The van der Waals surface area contributed by atoms with Gasteiger partial charge in [0, 0.05) is 11.8 Å². The van der Waals surface area contributed by atoms with Gasteiger partial charge < -0.3 is 19.6 Å². The molecule has 1 N–H and O–H groups in total. The smallest absolute Gasteiger partial charge is 0.311 e. The van der Waals surface area contributed by atoms with Crippen molar-refractivity contribution in [3.05, 3.63) is 89.0 Å². The van der Waals surface area contributed by atoms with Crippen LogP contribution in [0.4, 0.5) is 5.69 Å². The minimum absolute atomic E-state index is 0.162. The largest absolute Gasteiger partial charge is 0.461 e. The molecule has 0 bridgehead atoms. The number of carbonyl (C=O) groups excluding carboxylic acids is 3. The van der Waals surface area contributed by atoms with Crippen molar-refractivity contribution in [3.63, 3.8) is 0 Å². The summed E-state index contributed by atoms with van der Waals surface area (Å²) in [6, 6.07) is 13.5. The monoisotopic (exact) mass is 564 g/mol. The number of carbonyl (C=O) groups is 3. The molecule has 2 fully saturated rings. The summed E-state index contributed by atoms with van der Waals surface area (Å²) in [5.74, 6) is -2.54. The Hall–Kier alpha value is -3.07. The van der Waals surface area contributed by atoms with E-state index in [1.165, 1.54) is 11.8 Å². The van der Waals surface area contributed by atoms with E-state index >= 15 is 0 Å². The van der Waals surface area contributed by atoms with Crippen molar-refractivity contribution in [1.82, 2.24) is 4.90 Å². The van der Waals surface area contributed by atoms with Gasteiger partial charge in [-0.2, -0.15) is 0 Å². The molecule has 39 heavy (non-hydrogen) atoms. The molecule has 9 heteroatoms. The van der Waals surface area contributed by atoms with E-state index < -0.39 is 34.6 Å². The predicted molar refractivity (Wildman–Crippen MR) is 151 cm³/mol. The maximum absolute atomic E-state index is 14.7. The van der Waals surface area contributed by atoms with E-state index in [-0.39, 0.29) is 36.8 Å². The molecular formula is C30H29ClN2O5S. The van der Waals surface area contributed by atoms with Crippen LogP contribution in [0.5, 0.6) is 0 Å². The third kappa shape index (κ3) is 4.12. The lowest BCUT2D eigenvalue weighted by atomic mass is 9.78. The highest BCUT2D eigenvalue weighted by atomic mass is 35.5. The first kappa shape index (κ1) is 26.2. The number of thioether (sulfide) groups is 1. The van der Waals surface area contributed by atoms with E-state index in [0.29, 0.717) is 17.1 Å². The van der Waals surface area contributed by atoms with Gasteiger partial charge in [0.15, 0.2) is 0 Å². The van der Waals surface area contributed by atoms with E-state index in [2.05, 4.69) is 0 Å². The number of aliphatic hydroxyl groups is 1. The lowest BCUT2D eigenvalue weighted by molar-refractivity contribution is -0.152. The fourth-order valence-electron chi connectivity index (χ4n) is 6.60. The maximum Gasteiger partial charge on any atom is 0.311 e. The highest BCUT2D eigenvalue weighted by Crippen LogP contribution is 2.61. The molecule has 6 rings (SSSR count). The summed E-state index contributed by atoms with van der Waals surface area (Å²) in [6.07, 6.45) is 7.95. The van der Waals surface area contributed by atoms with Crippen molar-refractivity contribution >= 4 is 46.8 Å². The second kappa shape index (κ2) is 10.2. The minimum atomic E-state index is -1.00. The quantitative estimate of drug-likeness (QED) is 0.441. The van der Waals surface area contributed by atoms with Gasteiger partial charge in [-0.1, -0.05) is 78.4 Å². The summed E-state index contributed by atoms with van der Waals surface area (Å²) in [6.45, 7) is 2.00. The van der Waals surface area contributed by atoms with Crippen LogP contribution in [-0.4, -0.2) is 69.6 Å². The number of cyclic esters (lactones) is 1. The number of hydrogen-bond donors (Lipinski definition) is 1. The Morgan fingerprint density at radius 1 is 1.10 bits per heavy atom. The first-order valence-corrected chi connectivity index (χ1v) is 14.4. The van der Waals surface area contributed by atoms with E-state index in [0.717, 1.165) is 11.1 Å². The first-order valence-electron chi connectivity index (χ1n) is 13.1.